The van der Waals surface area contributed by atoms with Crippen LogP contribution in [0.3, 0.4) is 0 Å². The topological polar surface area (TPSA) is 128 Å². The van der Waals surface area contributed by atoms with Gasteiger partial charge in [0.15, 0.2) is 0 Å². The normalized spacial score (nSPS) is 12.2. The van der Waals surface area contributed by atoms with Crippen LogP contribution in [-0.4, -0.2) is 28.6 Å². The van der Waals surface area contributed by atoms with Gasteiger partial charge in [0.1, 0.15) is 11.6 Å². The first-order chi connectivity index (χ1) is 10.3. The van der Waals surface area contributed by atoms with E-state index >= 15 is 0 Å². The van der Waals surface area contributed by atoms with Gasteiger partial charge in [-0.25, -0.2) is 0 Å². The van der Waals surface area contributed by atoms with Crippen LogP contribution in [0.15, 0.2) is 30.0 Å². The average molecular weight is 325 g/mol. The molecule has 3 N–H and O–H groups in total. The van der Waals surface area contributed by atoms with Crippen molar-refractivity contribution in [1.29, 1.82) is 5.26 Å². The van der Waals surface area contributed by atoms with Crippen molar-refractivity contribution < 1.29 is 14.8 Å². The van der Waals surface area contributed by atoms with Gasteiger partial charge in [-0.3, -0.25) is 14.9 Å². The first-order valence-corrected chi connectivity index (χ1v) is 6.50. The molecule has 0 aliphatic heterocycles. The number of hydrogen-bond acceptors (Lipinski definition) is 6. The lowest BCUT2D eigenvalue weighted by Gasteiger charge is -2.07. The van der Waals surface area contributed by atoms with E-state index in [0.29, 0.717) is 0 Å². The molecule has 0 aliphatic carbocycles. The number of halogens is 1. The summed E-state index contributed by atoms with van der Waals surface area (Å²) in [5.74, 6) is -0.775. The molecule has 9 heteroatoms. The quantitative estimate of drug-likeness (QED) is 0.315. The van der Waals surface area contributed by atoms with Gasteiger partial charge in [0.05, 0.1) is 21.7 Å². The van der Waals surface area contributed by atoms with Gasteiger partial charge in [0.25, 0.3) is 11.6 Å². The average Bonchev–Trinajstić information content (AvgIpc) is 2.45. The maximum atomic E-state index is 11.9. The lowest BCUT2D eigenvalue weighted by molar-refractivity contribution is -0.384. The number of nitro groups is 1. The summed E-state index contributed by atoms with van der Waals surface area (Å²) in [7, 11) is 0. The van der Waals surface area contributed by atoms with Crippen LogP contribution in [0.2, 0.25) is 5.02 Å². The maximum Gasteiger partial charge on any atom is 0.271 e. The van der Waals surface area contributed by atoms with Crippen molar-refractivity contribution in [2.24, 2.45) is 0 Å². The summed E-state index contributed by atoms with van der Waals surface area (Å²) in [6.07, 6.45) is 0.498. The van der Waals surface area contributed by atoms with Gasteiger partial charge in [0, 0.05) is 24.9 Å². The number of non-ortho nitro benzene ring substituents is 1. The highest BCUT2D eigenvalue weighted by molar-refractivity contribution is 6.34. The van der Waals surface area contributed by atoms with Crippen molar-refractivity contribution in [3.63, 3.8) is 0 Å². The molecule has 0 spiro atoms. The SMILES string of the molecule is CC(O)CN/C=C(/C#N)C(=O)Nc1cc([N+](=O)[O-])ccc1Cl. The molecular formula is C13H13ClN4O4. The molecule has 0 bridgehead atoms. The van der Waals surface area contributed by atoms with Gasteiger partial charge in [-0.05, 0) is 13.0 Å². The fraction of sp³-hybridized carbons (Fsp3) is 0.231. The van der Waals surface area contributed by atoms with Crippen LogP contribution in [0.1, 0.15) is 6.92 Å². The Morgan fingerprint density at radius 2 is 2.32 bits per heavy atom. The lowest BCUT2D eigenvalue weighted by atomic mass is 10.2. The van der Waals surface area contributed by atoms with Gasteiger partial charge >= 0.3 is 0 Å². The number of aliphatic hydroxyl groups excluding tert-OH is 1. The number of carbonyl (C=O) groups is 1. The van der Waals surface area contributed by atoms with Crippen molar-refractivity contribution in [3.8, 4) is 6.07 Å². The Labute approximate surface area is 131 Å². The molecule has 8 nitrogen and oxygen atoms in total. The number of rotatable bonds is 6. The number of nitrogens with one attached hydrogen (secondary N) is 2. The van der Waals surface area contributed by atoms with Gasteiger partial charge < -0.3 is 15.7 Å². The molecule has 0 aromatic heterocycles. The molecule has 22 heavy (non-hydrogen) atoms. The number of carbonyl (C=O) groups excluding carboxylic acids is 1. The Kier molecular flexibility index (Phi) is 6.31. The van der Waals surface area contributed by atoms with Crippen LogP contribution in [0.5, 0.6) is 0 Å². The third kappa shape index (κ3) is 5.05. The Bertz CT molecular complexity index is 652. The van der Waals surface area contributed by atoms with E-state index in [0.717, 1.165) is 12.3 Å². The van der Waals surface area contributed by atoms with E-state index in [1.807, 2.05) is 0 Å². The largest absolute Gasteiger partial charge is 0.392 e. The molecular weight excluding hydrogens is 312 g/mol. The number of amides is 1. The number of aliphatic hydroxyl groups is 1. The fourth-order valence-electron chi connectivity index (χ4n) is 1.39. The van der Waals surface area contributed by atoms with Crippen LogP contribution in [0, 0.1) is 21.4 Å². The van der Waals surface area contributed by atoms with E-state index < -0.39 is 16.9 Å². The molecule has 1 atom stereocenters. The summed E-state index contributed by atoms with van der Waals surface area (Å²) in [6, 6.07) is 5.25. The van der Waals surface area contributed by atoms with Crippen molar-refractivity contribution in [1.82, 2.24) is 5.32 Å². The first kappa shape index (κ1) is 17.4. The molecule has 0 fully saturated rings. The van der Waals surface area contributed by atoms with Crippen LogP contribution >= 0.6 is 11.6 Å². The second-order valence-corrected chi connectivity index (χ2v) is 4.71. The van der Waals surface area contributed by atoms with Gasteiger partial charge in [0.2, 0.25) is 0 Å². The Morgan fingerprint density at radius 3 is 2.86 bits per heavy atom. The van der Waals surface area contributed by atoms with Crippen molar-refractivity contribution in [3.05, 3.63) is 45.1 Å². The number of nitrogens with zero attached hydrogens (tertiary/aromatic N) is 2. The standard InChI is InChI=1S/C13H13ClN4O4/c1-8(19)6-16-7-9(5-15)13(20)17-12-4-10(18(21)22)2-3-11(12)14/h2-4,7-8,16,19H,6H2,1H3,(H,17,20)/b9-7-. The van der Waals surface area contributed by atoms with E-state index in [4.69, 9.17) is 22.0 Å². The summed E-state index contributed by atoms with van der Waals surface area (Å²) < 4.78 is 0. The van der Waals surface area contributed by atoms with Crippen molar-refractivity contribution in [2.75, 3.05) is 11.9 Å². The summed E-state index contributed by atoms with van der Waals surface area (Å²) in [5, 5.41) is 33.7. The third-order valence-corrected chi connectivity index (χ3v) is 2.76. The number of nitro benzene ring substituents is 1. The zero-order valence-electron chi connectivity index (χ0n) is 11.5. The minimum atomic E-state index is -0.775. The fourth-order valence-corrected chi connectivity index (χ4v) is 1.56. The zero-order valence-corrected chi connectivity index (χ0v) is 12.3. The molecule has 0 radical (unpaired) electrons. The number of hydrogen-bond donors (Lipinski definition) is 3. The van der Waals surface area contributed by atoms with Gasteiger partial charge in [-0.2, -0.15) is 5.26 Å². The minimum Gasteiger partial charge on any atom is -0.392 e. The van der Waals surface area contributed by atoms with Crippen molar-refractivity contribution in [2.45, 2.75) is 13.0 Å². The molecule has 1 rings (SSSR count). The summed E-state index contributed by atoms with van der Waals surface area (Å²) in [4.78, 5) is 22.0. The molecule has 0 aliphatic rings. The van der Waals surface area contributed by atoms with Crippen LogP contribution < -0.4 is 10.6 Å². The maximum absolute atomic E-state index is 11.9. The van der Waals surface area contributed by atoms with Crippen molar-refractivity contribution >= 4 is 28.9 Å². The summed E-state index contributed by atoms with van der Waals surface area (Å²) in [5.41, 5.74) is -0.477. The Morgan fingerprint density at radius 1 is 1.64 bits per heavy atom. The number of anilines is 1. The van der Waals surface area contributed by atoms with E-state index in [1.54, 1.807) is 6.07 Å². The monoisotopic (exact) mass is 324 g/mol. The molecule has 0 saturated heterocycles. The highest BCUT2D eigenvalue weighted by Crippen LogP contribution is 2.26. The molecule has 0 heterocycles. The van der Waals surface area contributed by atoms with Crippen LogP contribution in [-0.2, 0) is 4.79 Å². The second-order valence-electron chi connectivity index (χ2n) is 4.30. The third-order valence-electron chi connectivity index (χ3n) is 2.43. The van der Waals surface area contributed by atoms with Crippen LogP contribution in [0.4, 0.5) is 11.4 Å². The predicted octanol–water partition coefficient (Wildman–Crippen LogP) is 1.56. The molecule has 1 aromatic rings. The molecule has 1 aromatic carbocycles. The molecule has 0 saturated carbocycles. The zero-order chi connectivity index (χ0) is 16.7. The Hall–Kier alpha value is -2.63. The van der Waals surface area contributed by atoms with Gasteiger partial charge in [-0.1, -0.05) is 11.6 Å². The smallest absolute Gasteiger partial charge is 0.271 e. The highest BCUT2D eigenvalue weighted by atomic mass is 35.5. The summed E-state index contributed by atoms with van der Waals surface area (Å²) >= 11 is 5.85. The minimum absolute atomic E-state index is 0.0255. The predicted molar refractivity (Wildman–Crippen MR) is 80.1 cm³/mol. The highest BCUT2D eigenvalue weighted by Gasteiger charge is 2.14. The molecule has 1 unspecified atom stereocenters. The number of benzene rings is 1. The second kappa shape index (κ2) is 7.97. The van der Waals surface area contributed by atoms with Gasteiger partial charge in [-0.15, -0.1) is 0 Å². The molecule has 1 amide bonds. The van der Waals surface area contributed by atoms with E-state index in [2.05, 4.69) is 10.6 Å². The van der Waals surface area contributed by atoms with Crippen LogP contribution in [0.25, 0.3) is 0 Å². The van der Waals surface area contributed by atoms with E-state index in [-0.39, 0.29) is 28.5 Å². The Balaban J connectivity index is 2.89. The number of nitriles is 1. The summed E-state index contributed by atoms with van der Waals surface area (Å²) in [6.45, 7) is 1.70. The van der Waals surface area contributed by atoms with E-state index in [1.165, 1.54) is 19.1 Å². The first-order valence-electron chi connectivity index (χ1n) is 6.12. The lowest BCUT2D eigenvalue weighted by Crippen LogP contribution is -2.22. The molecule has 116 valence electrons. The van der Waals surface area contributed by atoms with E-state index in [9.17, 15) is 14.9 Å².